The molecule has 1 saturated heterocycles. The Morgan fingerprint density at radius 1 is 0.962 bits per heavy atom. The third-order valence-corrected chi connectivity index (χ3v) is 5.28. The zero-order valence-corrected chi connectivity index (χ0v) is 14.8. The summed E-state index contributed by atoms with van der Waals surface area (Å²) in [6.07, 6.45) is 2.41. The average molecular weight is 359 g/mol. The van der Waals surface area contributed by atoms with Crippen molar-refractivity contribution in [1.29, 1.82) is 0 Å². The third-order valence-electron chi connectivity index (χ3n) is 4.21. The number of benzene rings is 3. The van der Waals surface area contributed by atoms with Crippen molar-refractivity contribution in [2.75, 3.05) is 0 Å². The van der Waals surface area contributed by atoms with Gasteiger partial charge in [0.2, 0.25) is 5.91 Å². The zero-order valence-electron chi connectivity index (χ0n) is 14.0. The molecule has 1 N–H and O–H groups in total. The minimum atomic E-state index is -0.163. The molecular formula is C21H17N3OS. The molecule has 1 atom stereocenters. The molecule has 128 valence electrons. The zero-order chi connectivity index (χ0) is 17.8. The van der Waals surface area contributed by atoms with Crippen LogP contribution >= 0.6 is 11.8 Å². The number of fused-ring (bicyclic) bond motifs is 1. The van der Waals surface area contributed by atoms with Crippen LogP contribution < -0.4 is 5.32 Å². The van der Waals surface area contributed by atoms with E-state index in [1.165, 1.54) is 11.8 Å². The van der Waals surface area contributed by atoms with Crippen LogP contribution in [0.25, 0.3) is 10.8 Å². The summed E-state index contributed by atoms with van der Waals surface area (Å²) < 4.78 is 0. The SMILES string of the molecule is O=C1N/C(=N/N=C/c2cccc3ccccc23)SC1Cc1ccccc1. The maximum Gasteiger partial charge on any atom is 0.239 e. The molecule has 0 aliphatic carbocycles. The number of nitrogens with one attached hydrogen (secondary N) is 1. The van der Waals surface area contributed by atoms with Gasteiger partial charge in [-0.3, -0.25) is 4.79 Å². The summed E-state index contributed by atoms with van der Waals surface area (Å²) in [4.78, 5) is 12.1. The fourth-order valence-electron chi connectivity index (χ4n) is 2.92. The van der Waals surface area contributed by atoms with Crippen molar-refractivity contribution in [1.82, 2.24) is 5.32 Å². The highest BCUT2D eigenvalue weighted by molar-refractivity contribution is 8.15. The molecule has 1 unspecified atom stereocenters. The molecule has 0 spiro atoms. The average Bonchev–Trinajstić information content (AvgIpc) is 3.02. The smallest absolute Gasteiger partial charge is 0.239 e. The molecule has 3 aromatic carbocycles. The summed E-state index contributed by atoms with van der Waals surface area (Å²) in [7, 11) is 0. The first kappa shape index (κ1) is 16.5. The minimum Gasteiger partial charge on any atom is -0.303 e. The van der Waals surface area contributed by atoms with Gasteiger partial charge in [0, 0.05) is 5.56 Å². The lowest BCUT2D eigenvalue weighted by Crippen LogP contribution is -2.25. The summed E-state index contributed by atoms with van der Waals surface area (Å²) in [5, 5.41) is 13.8. The van der Waals surface area contributed by atoms with E-state index >= 15 is 0 Å². The van der Waals surface area contributed by atoms with Crippen molar-refractivity contribution < 1.29 is 4.79 Å². The molecule has 1 amide bonds. The number of hydrogen-bond acceptors (Lipinski definition) is 4. The molecule has 1 fully saturated rings. The normalized spacial score (nSPS) is 18.7. The maximum atomic E-state index is 12.1. The Morgan fingerprint density at radius 3 is 2.62 bits per heavy atom. The van der Waals surface area contributed by atoms with Crippen LogP contribution in [0.4, 0.5) is 0 Å². The van der Waals surface area contributed by atoms with Gasteiger partial charge in [-0.05, 0) is 22.8 Å². The van der Waals surface area contributed by atoms with Gasteiger partial charge in [-0.2, -0.15) is 5.10 Å². The van der Waals surface area contributed by atoms with E-state index in [9.17, 15) is 4.79 Å². The van der Waals surface area contributed by atoms with Gasteiger partial charge in [0.05, 0.1) is 11.5 Å². The van der Waals surface area contributed by atoms with E-state index in [0.717, 1.165) is 21.9 Å². The molecule has 5 heteroatoms. The van der Waals surface area contributed by atoms with E-state index in [1.807, 2.05) is 54.6 Å². The van der Waals surface area contributed by atoms with Crippen LogP contribution in [-0.2, 0) is 11.2 Å². The molecule has 0 saturated carbocycles. The quantitative estimate of drug-likeness (QED) is 0.565. The Bertz CT molecular complexity index is 993. The summed E-state index contributed by atoms with van der Waals surface area (Å²) in [6.45, 7) is 0. The van der Waals surface area contributed by atoms with Crippen LogP contribution in [0.5, 0.6) is 0 Å². The van der Waals surface area contributed by atoms with Crippen LogP contribution in [0, 0.1) is 0 Å². The summed E-state index contributed by atoms with van der Waals surface area (Å²) >= 11 is 1.43. The van der Waals surface area contributed by atoms with Crippen LogP contribution in [0.1, 0.15) is 11.1 Å². The Labute approximate surface area is 156 Å². The molecule has 26 heavy (non-hydrogen) atoms. The number of amidine groups is 1. The van der Waals surface area contributed by atoms with Crippen molar-refractivity contribution in [2.24, 2.45) is 10.2 Å². The van der Waals surface area contributed by atoms with Crippen molar-refractivity contribution in [3.8, 4) is 0 Å². The predicted octanol–water partition coefficient (Wildman–Crippen LogP) is 4.00. The molecule has 1 aliphatic heterocycles. The molecule has 1 aliphatic rings. The van der Waals surface area contributed by atoms with Crippen molar-refractivity contribution in [2.45, 2.75) is 11.7 Å². The van der Waals surface area contributed by atoms with E-state index < -0.39 is 0 Å². The molecular weight excluding hydrogens is 342 g/mol. The summed E-state index contributed by atoms with van der Waals surface area (Å²) in [5.41, 5.74) is 2.14. The van der Waals surface area contributed by atoms with Gasteiger partial charge in [0.25, 0.3) is 0 Å². The van der Waals surface area contributed by atoms with Crippen LogP contribution in [0.3, 0.4) is 0 Å². The van der Waals surface area contributed by atoms with E-state index in [2.05, 4.69) is 33.7 Å². The highest BCUT2D eigenvalue weighted by Gasteiger charge is 2.30. The van der Waals surface area contributed by atoms with Crippen LogP contribution in [0.2, 0.25) is 0 Å². The summed E-state index contributed by atoms with van der Waals surface area (Å²) in [5.74, 6) is -0.0158. The Balaban J connectivity index is 1.47. The van der Waals surface area contributed by atoms with E-state index in [-0.39, 0.29) is 11.2 Å². The number of amides is 1. The van der Waals surface area contributed by atoms with Crippen molar-refractivity contribution >= 4 is 39.8 Å². The lowest BCUT2D eigenvalue weighted by atomic mass is 10.1. The molecule has 0 aromatic heterocycles. The van der Waals surface area contributed by atoms with Gasteiger partial charge in [-0.15, -0.1) is 5.10 Å². The fraction of sp³-hybridized carbons (Fsp3) is 0.0952. The van der Waals surface area contributed by atoms with E-state index in [4.69, 9.17) is 0 Å². The van der Waals surface area contributed by atoms with Gasteiger partial charge in [-0.1, -0.05) is 84.6 Å². The monoisotopic (exact) mass is 359 g/mol. The third kappa shape index (κ3) is 3.68. The number of rotatable bonds is 4. The second-order valence-electron chi connectivity index (χ2n) is 6.00. The lowest BCUT2D eigenvalue weighted by molar-refractivity contribution is -0.118. The van der Waals surface area contributed by atoms with E-state index in [1.54, 1.807) is 6.21 Å². The van der Waals surface area contributed by atoms with E-state index in [0.29, 0.717) is 11.6 Å². The maximum absolute atomic E-state index is 12.1. The van der Waals surface area contributed by atoms with Crippen molar-refractivity contribution in [3.63, 3.8) is 0 Å². The second kappa shape index (κ2) is 7.54. The summed E-state index contributed by atoms with van der Waals surface area (Å²) in [6, 6.07) is 24.2. The molecule has 4 nitrogen and oxygen atoms in total. The van der Waals surface area contributed by atoms with Crippen molar-refractivity contribution in [3.05, 3.63) is 83.9 Å². The highest BCUT2D eigenvalue weighted by Crippen LogP contribution is 2.23. The fourth-order valence-corrected chi connectivity index (χ4v) is 3.89. The first-order chi connectivity index (χ1) is 12.8. The molecule has 4 rings (SSSR count). The van der Waals surface area contributed by atoms with Gasteiger partial charge in [0.1, 0.15) is 0 Å². The number of hydrogen-bond donors (Lipinski definition) is 1. The number of thioether (sulfide) groups is 1. The minimum absolute atomic E-state index is 0.0158. The molecule has 0 bridgehead atoms. The molecule has 0 radical (unpaired) electrons. The second-order valence-corrected chi connectivity index (χ2v) is 7.20. The van der Waals surface area contributed by atoms with Gasteiger partial charge in [0.15, 0.2) is 5.17 Å². The number of carbonyl (C=O) groups excluding carboxylic acids is 1. The standard InChI is InChI=1S/C21H17N3OS/c25-20-19(13-15-7-2-1-3-8-15)26-21(23-20)24-22-14-17-11-6-10-16-9-4-5-12-18(16)17/h1-12,14,19H,13H2,(H,23,24,25)/b22-14+. The Morgan fingerprint density at radius 2 is 1.73 bits per heavy atom. The highest BCUT2D eigenvalue weighted by atomic mass is 32.2. The molecule has 1 heterocycles. The van der Waals surface area contributed by atoms with Crippen LogP contribution in [-0.4, -0.2) is 22.5 Å². The Hall–Kier alpha value is -2.92. The number of carbonyl (C=O) groups is 1. The predicted molar refractivity (Wildman–Crippen MR) is 109 cm³/mol. The first-order valence-electron chi connectivity index (χ1n) is 8.40. The largest absolute Gasteiger partial charge is 0.303 e. The Kier molecular flexibility index (Phi) is 4.80. The van der Waals surface area contributed by atoms with Gasteiger partial charge < -0.3 is 5.32 Å². The van der Waals surface area contributed by atoms with Gasteiger partial charge >= 0.3 is 0 Å². The van der Waals surface area contributed by atoms with Gasteiger partial charge in [-0.25, -0.2) is 0 Å². The topological polar surface area (TPSA) is 53.8 Å². The first-order valence-corrected chi connectivity index (χ1v) is 9.28. The lowest BCUT2D eigenvalue weighted by Gasteiger charge is -2.04. The number of nitrogens with zero attached hydrogens (tertiary/aromatic N) is 2. The molecule has 3 aromatic rings. The van der Waals surface area contributed by atoms with Crippen LogP contribution in [0.15, 0.2) is 83.0 Å².